The van der Waals surface area contributed by atoms with E-state index in [4.69, 9.17) is 0 Å². The molecule has 2 atom stereocenters. The first-order valence-corrected chi connectivity index (χ1v) is 9.96. The highest BCUT2D eigenvalue weighted by Gasteiger charge is 2.26. The van der Waals surface area contributed by atoms with Gasteiger partial charge in [-0.1, -0.05) is 37.5 Å². The van der Waals surface area contributed by atoms with Gasteiger partial charge >= 0.3 is 0 Å². The van der Waals surface area contributed by atoms with Crippen molar-refractivity contribution >= 4 is 17.2 Å². The Morgan fingerprint density at radius 1 is 1.26 bits per heavy atom. The number of aliphatic hydroxyl groups excluding tert-OH is 2. The molecule has 1 aromatic heterocycles. The van der Waals surface area contributed by atoms with Gasteiger partial charge in [-0.15, -0.1) is 0 Å². The molecule has 0 amide bonds. The maximum atomic E-state index is 11.8. The Labute approximate surface area is 161 Å². The molecule has 27 heavy (non-hydrogen) atoms. The minimum Gasteiger partial charge on any atom is -0.394 e. The van der Waals surface area contributed by atoms with Crippen LogP contribution in [0.3, 0.4) is 0 Å². The third kappa shape index (κ3) is 4.72. The molecule has 2 unspecified atom stereocenters. The summed E-state index contributed by atoms with van der Waals surface area (Å²) in [4.78, 5) is 18.7. The summed E-state index contributed by atoms with van der Waals surface area (Å²) in [6.45, 7) is 0.455. The van der Waals surface area contributed by atoms with E-state index < -0.39 is 6.10 Å². The zero-order chi connectivity index (χ0) is 19.2. The minimum absolute atomic E-state index is 0.0714. The van der Waals surface area contributed by atoms with Crippen molar-refractivity contribution in [1.29, 1.82) is 0 Å². The van der Waals surface area contributed by atoms with E-state index in [1.54, 1.807) is 6.20 Å². The lowest BCUT2D eigenvalue weighted by molar-refractivity contribution is 0.0749. The molecule has 1 aliphatic carbocycles. The summed E-state index contributed by atoms with van der Waals surface area (Å²) in [5, 5.41) is 20.6. The van der Waals surface area contributed by atoms with Crippen LogP contribution >= 0.6 is 0 Å². The van der Waals surface area contributed by atoms with Gasteiger partial charge in [-0.25, -0.2) is 0 Å². The third-order valence-electron chi connectivity index (χ3n) is 5.86. The summed E-state index contributed by atoms with van der Waals surface area (Å²) < 4.78 is 0. The third-order valence-corrected chi connectivity index (χ3v) is 5.86. The number of aliphatic hydroxyl groups is 2. The topological polar surface area (TPSA) is 73.7 Å². The highest BCUT2D eigenvalue weighted by atomic mass is 16.3. The van der Waals surface area contributed by atoms with Gasteiger partial charge in [-0.3, -0.25) is 9.78 Å². The molecule has 3 rings (SSSR count). The number of likely N-dealkylation sites (N-methyl/N-ethyl adjacent to an activating group) is 1. The number of fused-ring (bicyclic) bond motifs is 1. The van der Waals surface area contributed by atoms with Gasteiger partial charge in [0.25, 0.3) is 0 Å². The summed E-state index contributed by atoms with van der Waals surface area (Å²) in [5.74, 6) is -0.0714. The normalized spacial score (nSPS) is 17.9. The number of rotatable bonds is 8. The molecule has 5 nitrogen and oxygen atoms in total. The maximum absolute atomic E-state index is 11.8. The van der Waals surface area contributed by atoms with E-state index in [0.29, 0.717) is 18.0 Å². The van der Waals surface area contributed by atoms with Crippen LogP contribution in [0.5, 0.6) is 0 Å². The van der Waals surface area contributed by atoms with Gasteiger partial charge < -0.3 is 15.1 Å². The lowest BCUT2D eigenvalue weighted by Gasteiger charge is -2.35. The Morgan fingerprint density at radius 2 is 2.04 bits per heavy atom. The molecule has 1 saturated carbocycles. The molecule has 1 aromatic carbocycles. The van der Waals surface area contributed by atoms with E-state index in [2.05, 4.69) is 16.9 Å². The van der Waals surface area contributed by atoms with Crippen molar-refractivity contribution < 1.29 is 15.0 Å². The van der Waals surface area contributed by atoms with Crippen LogP contribution < -0.4 is 0 Å². The standard InChI is InChI=1S/C22H30N2O3/c1-24(19-7-3-2-4-8-19)13-18(12-20(27)15-26)21-17(14-25)10-9-16-6-5-11-23-22(16)21/h5-6,9-11,14,18-20,26-27H,2-4,7-8,12-13,15H2,1H3. The van der Waals surface area contributed by atoms with Gasteiger partial charge in [0.05, 0.1) is 18.2 Å². The van der Waals surface area contributed by atoms with Crippen LogP contribution in [0, 0.1) is 0 Å². The molecular weight excluding hydrogens is 340 g/mol. The molecule has 0 radical (unpaired) electrons. The summed E-state index contributed by atoms with van der Waals surface area (Å²) in [6.07, 6.45) is 8.42. The van der Waals surface area contributed by atoms with Crippen molar-refractivity contribution in [3.05, 3.63) is 41.6 Å². The molecule has 2 N–H and O–H groups in total. The van der Waals surface area contributed by atoms with Crippen molar-refractivity contribution in [3.63, 3.8) is 0 Å². The fourth-order valence-electron chi connectivity index (χ4n) is 4.42. The number of carbonyl (C=O) groups is 1. The smallest absolute Gasteiger partial charge is 0.150 e. The molecule has 146 valence electrons. The second-order valence-corrected chi connectivity index (χ2v) is 7.76. The van der Waals surface area contributed by atoms with Crippen LogP contribution in [-0.2, 0) is 0 Å². The van der Waals surface area contributed by atoms with Crippen molar-refractivity contribution in [1.82, 2.24) is 9.88 Å². The minimum atomic E-state index is -0.812. The summed E-state index contributed by atoms with van der Waals surface area (Å²) in [6, 6.07) is 8.17. The highest BCUT2D eigenvalue weighted by molar-refractivity contribution is 5.91. The molecule has 1 aliphatic rings. The number of nitrogens with zero attached hydrogens (tertiary/aromatic N) is 2. The fourth-order valence-corrected chi connectivity index (χ4v) is 4.42. The summed E-state index contributed by atoms with van der Waals surface area (Å²) >= 11 is 0. The van der Waals surface area contributed by atoms with Crippen LogP contribution in [0.25, 0.3) is 10.9 Å². The predicted octanol–water partition coefficient (Wildman–Crippen LogP) is 3.14. The average molecular weight is 370 g/mol. The number of benzene rings is 1. The quantitative estimate of drug-likeness (QED) is 0.699. The molecule has 5 heteroatoms. The average Bonchev–Trinajstić information content (AvgIpc) is 2.72. The first-order chi connectivity index (χ1) is 13.1. The van der Waals surface area contributed by atoms with Crippen molar-refractivity contribution in [2.24, 2.45) is 0 Å². The zero-order valence-corrected chi connectivity index (χ0v) is 16.1. The van der Waals surface area contributed by atoms with Crippen LogP contribution in [0.4, 0.5) is 0 Å². The Morgan fingerprint density at radius 3 is 2.74 bits per heavy atom. The molecule has 0 aliphatic heterocycles. The second-order valence-electron chi connectivity index (χ2n) is 7.76. The number of pyridine rings is 1. The van der Waals surface area contributed by atoms with Crippen LogP contribution in [0.1, 0.15) is 60.4 Å². The molecule has 1 fully saturated rings. The van der Waals surface area contributed by atoms with Crippen molar-refractivity contribution in [2.75, 3.05) is 20.2 Å². The Bertz CT molecular complexity index is 758. The number of hydrogen-bond donors (Lipinski definition) is 2. The molecule has 0 spiro atoms. The van der Waals surface area contributed by atoms with Crippen LogP contribution in [0.2, 0.25) is 0 Å². The number of hydrogen-bond acceptors (Lipinski definition) is 5. The molecule has 1 heterocycles. The van der Waals surface area contributed by atoms with E-state index in [9.17, 15) is 15.0 Å². The maximum Gasteiger partial charge on any atom is 0.150 e. The highest BCUT2D eigenvalue weighted by Crippen LogP contribution is 2.32. The monoisotopic (exact) mass is 370 g/mol. The van der Waals surface area contributed by atoms with E-state index >= 15 is 0 Å². The van der Waals surface area contributed by atoms with Gasteiger partial charge in [0.2, 0.25) is 0 Å². The molecule has 2 aromatic rings. The lowest BCUT2D eigenvalue weighted by atomic mass is 9.86. The van der Waals surface area contributed by atoms with E-state index in [0.717, 1.165) is 29.3 Å². The number of aldehydes is 1. The second kappa shape index (κ2) is 9.40. The first kappa shape index (κ1) is 19.9. The van der Waals surface area contributed by atoms with Gasteiger partial charge in [0.15, 0.2) is 0 Å². The van der Waals surface area contributed by atoms with Gasteiger partial charge in [-0.2, -0.15) is 0 Å². The predicted molar refractivity (Wildman–Crippen MR) is 107 cm³/mol. The lowest BCUT2D eigenvalue weighted by Crippen LogP contribution is -2.37. The molecule has 0 saturated heterocycles. The molecule has 0 bridgehead atoms. The van der Waals surface area contributed by atoms with Crippen LogP contribution in [0.15, 0.2) is 30.5 Å². The van der Waals surface area contributed by atoms with Crippen LogP contribution in [-0.4, -0.2) is 58.7 Å². The SMILES string of the molecule is CN(CC(CC(O)CO)c1c(C=O)ccc2cccnc12)C1CCCCC1. The number of aromatic nitrogens is 1. The van der Waals surface area contributed by atoms with E-state index in [1.165, 1.54) is 32.1 Å². The van der Waals surface area contributed by atoms with Gasteiger partial charge in [0.1, 0.15) is 6.29 Å². The Hall–Kier alpha value is -1.82. The Balaban J connectivity index is 1.97. The van der Waals surface area contributed by atoms with Gasteiger partial charge in [-0.05, 0) is 37.9 Å². The number of carbonyl (C=O) groups excluding carboxylic acids is 1. The van der Waals surface area contributed by atoms with E-state index in [-0.39, 0.29) is 12.5 Å². The van der Waals surface area contributed by atoms with Gasteiger partial charge in [0, 0.05) is 35.7 Å². The Kier molecular flexibility index (Phi) is 6.94. The molecular formula is C22H30N2O3. The summed E-state index contributed by atoms with van der Waals surface area (Å²) in [7, 11) is 2.13. The zero-order valence-electron chi connectivity index (χ0n) is 16.1. The fraction of sp³-hybridized carbons (Fsp3) is 0.545. The first-order valence-electron chi connectivity index (χ1n) is 9.96. The largest absolute Gasteiger partial charge is 0.394 e. The van der Waals surface area contributed by atoms with Crippen molar-refractivity contribution in [2.45, 2.75) is 56.6 Å². The van der Waals surface area contributed by atoms with Crippen molar-refractivity contribution in [3.8, 4) is 0 Å². The summed E-state index contributed by atoms with van der Waals surface area (Å²) in [5.41, 5.74) is 2.32. The van der Waals surface area contributed by atoms with E-state index in [1.807, 2.05) is 24.3 Å².